The second-order valence-corrected chi connectivity index (χ2v) is 3.77. The Balaban J connectivity index is 2.06. The molecule has 2 N–H and O–H groups in total. The minimum atomic E-state index is -2.29. The van der Waals surface area contributed by atoms with E-state index in [0.717, 1.165) is 0 Å². The Hall–Kier alpha value is -2.35. The second-order valence-electron chi connectivity index (χ2n) is 3.03. The fraction of sp³-hybridized carbons (Fsp3) is 0. The largest absolute Gasteiger partial charge is 0.503 e. The highest BCUT2D eigenvalue weighted by molar-refractivity contribution is 7.75. The lowest BCUT2D eigenvalue weighted by Gasteiger charge is -2.05. The van der Waals surface area contributed by atoms with Crippen LogP contribution in [0.3, 0.4) is 0 Å². The Kier molecular flexibility index (Phi) is 3.58. The molecule has 2 aromatic heterocycles. The maximum Gasteiger partial charge on any atom is 0.421 e. The highest BCUT2D eigenvalue weighted by Crippen LogP contribution is 2.25. The minimum absolute atomic E-state index is 0.244. The summed E-state index contributed by atoms with van der Waals surface area (Å²) in [5.41, 5.74) is 0. The minimum Gasteiger partial charge on any atom is -0.503 e. The van der Waals surface area contributed by atoms with E-state index in [1.165, 1.54) is 36.7 Å². The van der Waals surface area contributed by atoms with Crippen LogP contribution in [-0.4, -0.2) is 24.4 Å². The van der Waals surface area contributed by atoms with Crippen molar-refractivity contribution in [3.8, 4) is 23.3 Å². The lowest BCUT2D eigenvalue weighted by Crippen LogP contribution is -2.09. The van der Waals surface area contributed by atoms with Crippen LogP contribution in [0.5, 0.6) is 23.3 Å². The maximum absolute atomic E-state index is 11.5. The lowest BCUT2D eigenvalue weighted by atomic mass is 10.4. The van der Waals surface area contributed by atoms with Crippen LogP contribution in [0.2, 0.25) is 0 Å². The van der Waals surface area contributed by atoms with Gasteiger partial charge >= 0.3 is 11.4 Å². The molecule has 0 radical (unpaired) electrons. The van der Waals surface area contributed by atoms with Gasteiger partial charge in [-0.15, -0.1) is 0 Å². The number of hydrogen-bond acceptors (Lipinski definition) is 7. The predicted molar refractivity (Wildman–Crippen MR) is 61.2 cm³/mol. The van der Waals surface area contributed by atoms with Crippen molar-refractivity contribution < 1.29 is 22.8 Å². The number of pyridine rings is 2. The zero-order chi connectivity index (χ0) is 13.0. The molecule has 2 rings (SSSR count). The van der Waals surface area contributed by atoms with E-state index in [9.17, 15) is 14.4 Å². The van der Waals surface area contributed by atoms with Gasteiger partial charge in [0.25, 0.3) is 11.8 Å². The smallest absolute Gasteiger partial charge is 0.421 e. The molecule has 0 saturated carbocycles. The first-order valence-corrected chi connectivity index (χ1v) is 5.73. The molecule has 0 saturated heterocycles. The van der Waals surface area contributed by atoms with E-state index in [1.807, 2.05) is 0 Å². The van der Waals surface area contributed by atoms with Crippen LogP contribution < -0.4 is 8.37 Å². The molecule has 0 aromatic carbocycles. The third-order valence-corrected chi connectivity index (χ3v) is 2.38. The Morgan fingerprint density at radius 3 is 1.78 bits per heavy atom. The number of aromatic nitrogens is 2. The lowest BCUT2D eigenvalue weighted by molar-refractivity contribution is 0.392. The molecular formula is C10H8N2O5S. The van der Waals surface area contributed by atoms with Crippen molar-refractivity contribution in [2.45, 2.75) is 0 Å². The first-order chi connectivity index (χ1) is 8.66. The van der Waals surface area contributed by atoms with Gasteiger partial charge in [0.1, 0.15) is 0 Å². The first kappa shape index (κ1) is 12.1. The molecule has 0 aliphatic heterocycles. The van der Waals surface area contributed by atoms with E-state index in [-0.39, 0.29) is 23.3 Å². The average Bonchev–Trinajstić information content (AvgIpc) is 2.35. The van der Waals surface area contributed by atoms with Gasteiger partial charge in [0.05, 0.1) is 0 Å². The molecule has 0 unspecified atom stereocenters. The van der Waals surface area contributed by atoms with E-state index in [4.69, 9.17) is 8.37 Å². The van der Waals surface area contributed by atoms with E-state index in [1.54, 1.807) is 0 Å². The molecule has 18 heavy (non-hydrogen) atoms. The topological polar surface area (TPSA) is 102 Å². The molecule has 2 heterocycles. The molecule has 0 bridgehead atoms. The van der Waals surface area contributed by atoms with E-state index < -0.39 is 11.4 Å². The first-order valence-electron chi connectivity index (χ1n) is 4.73. The van der Waals surface area contributed by atoms with Gasteiger partial charge in [0.15, 0.2) is 11.5 Å². The Bertz CT molecular complexity index is 528. The molecule has 0 aliphatic rings. The standard InChI is InChI=1S/C10H8N2O5S/c13-7-3-1-5-11-9(7)16-18(15)17-10-8(14)4-2-6-12-10/h1-6,13-14H. The van der Waals surface area contributed by atoms with Crippen molar-refractivity contribution in [1.29, 1.82) is 0 Å². The maximum atomic E-state index is 11.5. The summed E-state index contributed by atoms with van der Waals surface area (Å²) in [6, 6.07) is 5.60. The number of hydrogen-bond donors (Lipinski definition) is 2. The van der Waals surface area contributed by atoms with Crippen molar-refractivity contribution in [2.75, 3.05) is 0 Å². The number of rotatable bonds is 4. The van der Waals surface area contributed by atoms with E-state index in [2.05, 4.69) is 9.97 Å². The normalized spacial score (nSPS) is 10.3. The zero-order valence-electron chi connectivity index (χ0n) is 8.89. The molecule has 94 valence electrons. The average molecular weight is 268 g/mol. The molecule has 7 nitrogen and oxygen atoms in total. The van der Waals surface area contributed by atoms with Crippen molar-refractivity contribution in [3.63, 3.8) is 0 Å². The van der Waals surface area contributed by atoms with Gasteiger partial charge < -0.3 is 18.6 Å². The van der Waals surface area contributed by atoms with Crippen LogP contribution >= 0.6 is 0 Å². The van der Waals surface area contributed by atoms with Crippen molar-refractivity contribution in [1.82, 2.24) is 9.97 Å². The second kappa shape index (κ2) is 5.32. The van der Waals surface area contributed by atoms with Crippen LogP contribution in [-0.2, 0) is 11.4 Å². The van der Waals surface area contributed by atoms with Crippen LogP contribution in [0.15, 0.2) is 36.7 Å². The van der Waals surface area contributed by atoms with Crippen LogP contribution in [0.1, 0.15) is 0 Å². The summed E-state index contributed by atoms with van der Waals surface area (Å²) in [5.74, 6) is -1.04. The predicted octanol–water partition coefficient (Wildman–Crippen LogP) is 0.924. The van der Waals surface area contributed by atoms with Gasteiger partial charge in [0.2, 0.25) is 0 Å². The van der Waals surface area contributed by atoms with Gasteiger partial charge in [-0.05, 0) is 24.3 Å². The third kappa shape index (κ3) is 2.86. The van der Waals surface area contributed by atoms with Crippen LogP contribution in [0.4, 0.5) is 0 Å². The monoisotopic (exact) mass is 268 g/mol. The molecule has 8 heteroatoms. The van der Waals surface area contributed by atoms with Gasteiger partial charge in [-0.3, -0.25) is 0 Å². The SMILES string of the molecule is O=S(Oc1ncccc1O)Oc1ncccc1O. The summed E-state index contributed by atoms with van der Waals surface area (Å²) in [6.07, 6.45) is 2.70. The number of aromatic hydroxyl groups is 2. The van der Waals surface area contributed by atoms with Gasteiger partial charge in [-0.2, -0.15) is 4.21 Å². The van der Waals surface area contributed by atoms with Crippen molar-refractivity contribution in [3.05, 3.63) is 36.7 Å². The summed E-state index contributed by atoms with van der Waals surface area (Å²) in [6.45, 7) is 0. The molecule has 0 fully saturated rings. The Labute approximate surface area is 105 Å². The number of nitrogens with zero attached hydrogens (tertiary/aromatic N) is 2. The van der Waals surface area contributed by atoms with Gasteiger partial charge in [-0.1, -0.05) is 0 Å². The molecule has 0 atom stereocenters. The van der Waals surface area contributed by atoms with Crippen LogP contribution in [0.25, 0.3) is 0 Å². The molecular weight excluding hydrogens is 260 g/mol. The van der Waals surface area contributed by atoms with Gasteiger partial charge in [0, 0.05) is 12.4 Å². The highest BCUT2D eigenvalue weighted by Gasteiger charge is 2.13. The Morgan fingerprint density at radius 1 is 0.944 bits per heavy atom. The van der Waals surface area contributed by atoms with Crippen molar-refractivity contribution in [2.24, 2.45) is 0 Å². The van der Waals surface area contributed by atoms with E-state index >= 15 is 0 Å². The summed E-state index contributed by atoms with van der Waals surface area (Å²) >= 11 is -2.29. The van der Waals surface area contributed by atoms with Crippen molar-refractivity contribution >= 4 is 11.4 Å². The van der Waals surface area contributed by atoms with Gasteiger partial charge in [-0.25, -0.2) is 9.97 Å². The summed E-state index contributed by atoms with van der Waals surface area (Å²) in [5, 5.41) is 18.7. The molecule has 0 spiro atoms. The Morgan fingerprint density at radius 2 is 1.39 bits per heavy atom. The molecule has 2 aromatic rings. The fourth-order valence-corrected chi connectivity index (χ4v) is 1.59. The highest BCUT2D eigenvalue weighted by atomic mass is 32.2. The molecule has 0 amide bonds. The third-order valence-electron chi connectivity index (χ3n) is 1.80. The quantitative estimate of drug-likeness (QED) is 0.850. The fourth-order valence-electron chi connectivity index (χ4n) is 1.04. The summed E-state index contributed by atoms with van der Waals surface area (Å²) in [4.78, 5) is 7.31. The van der Waals surface area contributed by atoms with E-state index in [0.29, 0.717) is 0 Å². The molecule has 0 aliphatic carbocycles. The summed E-state index contributed by atoms with van der Waals surface area (Å²) in [7, 11) is 0. The zero-order valence-corrected chi connectivity index (χ0v) is 9.70. The van der Waals surface area contributed by atoms with Crippen LogP contribution in [0, 0.1) is 0 Å². The summed E-state index contributed by atoms with van der Waals surface area (Å²) < 4.78 is 20.9.